The van der Waals surface area contributed by atoms with Gasteiger partial charge in [0.1, 0.15) is 5.75 Å². The Hall–Kier alpha value is -2.20. The second-order valence-corrected chi connectivity index (χ2v) is 4.42. The summed E-state index contributed by atoms with van der Waals surface area (Å²) in [6.07, 6.45) is 0. The molecule has 0 aliphatic heterocycles. The van der Waals surface area contributed by atoms with Crippen LogP contribution in [0.2, 0.25) is 0 Å². The van der Waals surface area contributed by atoms with E-state index in [-0.39, 0.29) is 6.04 Å². The van der Waals surface area contributed by atoms with Crippen molar-refractivity contribution in [2.24, 2.45) is 5.73 Å². The zero-order valence-corrected chi connectivity index (χ0v) is 11.9. The van der Waals surface area contributed by atoms with Gasteiger partial charge in [0.25, 0.3) is 0 Å². The van der Waals surface area contributed by atoms with Crippen LogP contribution in [0.4, 0.5) is 0 Å². The molecule has 0 aromatic heterocycles. The third-order valence-electron chi connectivity index (χ3n) is 3.00. The highest BCUT2D eigenvalue weighted by molar-refractivity contribution is 5.54. The Morgan fingerprint density at radius 1 is 0.850 bits per heavy atom. The predicted octanol–water partition coefficient (Wildman–Crippen LogP) is 3.52. The first-order valence-corrected chi connectivity index (χ1v) is 6.40. The lowest BCUT2D eigenvalue weighted by molar-refractivity contribution is 0.344. The standard InChI is InChI=1S/C16H19NO3/c1-11(17)12-7-4-5-8-13(12)20-16-14(18-2)9-6-10-15(16)19-3/h4-11H,17H2,1-3H3/t11-/m1/s1. The molecule has 106 valence electrons. The maximum absolute atomic E-state index is 5.98. The highest BCUT2D eigenvalue weighted by Gasteiger charge is 2.15. The van der Waals surface area contributed by atoms with E-state index < -0.39 is 0 Å². The summed E-state index contributed by atoms with van der Waals surface area (Å²) >= 11 is 0. The molecule has 0 spiro atoms. The van der Waals surface area contributed by atoms with Gasteiger partial charge in [-0.15, -0.1) is 0 Å². The third-order valence-corrected chi connectivity index (χ3v) is 3.00. The highest BCUT2D eigenvalue weighted by atomic mass is 16.5. The molecule has 4 heteroatoms. The van der Waals surface area contributed by atoms with Crippen molar-refractivity contribution in [1.29, 1.82) is 0 Å². The molecule has 0 aliphatic rings. The van der Waals surface area contributed by atoms with E-state index in [2.05, 4.69) is 0 Å². The molecule has 0 fully saturated rings. The van der Waals surface area contributed by atoms with Gasteiger partial charge in [-0.25, -0.2) is 0 Å². The van der Waals surface area contributed by atoms with Crippen LogP contribution in [-0.2, 0) is 0 Å². The fraction of sp³-hybridized carbons (Fsp3) is 0.250. The van der Waals surface area contributed by atoms with Crippen molar-refractivity contribution < 1.29 is 14.2 Å². The Morgan fingerprint density at radius 2 is 1.40 bits per heavy atom. The summed E-state index contributed by atoms with van der Waals surface area (Å²) in [5.74, 6) is 2.48. The average molecular weight is 273 g/mol. The van der Waals surface area contributed by atoms with Gasteiger partial charge in [-0.2, -0.15) is 0 Å². The van der Waals surface area contributed by atoms with E-state index in [0.717, 1.165) is 5.56 Å². The molecule has 2 N–H and O–H groups in total. The Morgan fingerprint density at radius 3 is 1.95 bits per heavy atom. The number of benzene rings is 2. The largest absolute Gasteiger partial charge is 0.493 e. The maximum atomic E-state index is 5.98. The van der Waals surface area contributed by atoms with Crippen molar-refractivity contribution in [2.75, 3.05) is 14.2 Å². The zero-order valence-electron chi connectivity index (χ0n) is 11.9. The molecule has 0 saturated carbocycles. The van der Waals surface area contributed by atoms with Crippen molar-refractivity contribution in [1.82, 2.24) is 0 Å². The normalized spacial score (nSPS) is 11.8. The monoisotopic (exact) mass is 273 g/mol. The minimum absolute atomic E-state index is 0.119. The minimum atomic E-state index is -0.119. The van der Waals surface area contributed by atoms with Crippen molar-refractivity contribution in [2.45, 2.75) is 13.0 Å². The van der Waals surface area contributed by atoms with E-state index in [1.165, 1.54) is 0 Å². The number of methoxy groups -OCH3 is 2. The van der Waals surface area contributed by atoms with Crippen molar-refractivity contribution in [3.63, 3.8) is 0 Å². The zero-order chi connectivity index (χ0) is 14.5. The van der Waals surface area contributed by atoms with Crippen molar-refractivity contribution in [3.05, 3.63) is 48.0 Å². The van der Waals surface area contributed by atoms with Gasteiger partial charge >= 0.3 is 0 Å². The summed E-state index contributed by atoms with van der Waals surface area (Å²) in [5, 5.41) is 0. The van der Waals surface area contributed by atoms with Crippen LogP contribution in [0.25, 0.3) is 0 Å². The van der Waals surface area contributed by atoms with Gasteiger partial charge in [0.2, 0.25) is 5.75 Å². The van der Waals surface area contributed by atoms with Crippen LogP contribution in [0, 0.1) is 0 Å². The number of hydrogen-bond donors (Lipinski definition) is 1. The molecule has 0 saturated heterocycles. The number of ether oxygens (including phenoxy) is 3. The molecule has 2 rings (SSSR count). The molecule has 4 nitrogen and oxygen atoms in total. The average Bonchev–Trinajstić information content (AvgIpc) is 2.47. The van der Waals surface area contributed by atoms with Crippen molar-refractivity contribution in [3.8, 4) is 23.0 Å². The van der Waals surface area contributed by atoms with E-state index in [0.29, 0.717) is 23.0 Å². The second kappa shape index (κ2) is 6.30. The summed E-state index contributed by atoms with van der Waals surface area (Å²) < 4.78 is 16.6. The molecular weight excluding hydrogens is 254 g/mol. The Kier molecular flexibility index (Phi) is 4.48. The molecule has 0 unspecified atom stereocenters. The quantitative estimate of drug-likeness (QED) is 0.905. The lowest BCUT2D eigenvalue weighted by atomic mass is 10.1. The lowest BCUT2D eigenvalue weighted by Gasteiger charge is -2.17. The highest BCUT2D eigenvalue weighted by Crippen LogP contribution is 2.41. The molecule has 20 heavy (non-hydrogen) atoms. The molecule has 0 aliphatic carbocycles. The second-order valence-electron chi connectivity index (χ2n) is 4.42. The van der Waals surface area contributed by atoms with Gasteiger partial charge in [0, 0.05) is 11.6 Å². The number of hydrogen-bond acceptors (Lipinski definition) is 4. The van der Waals surface area contributed by atoms with Crippen LogP contribution in [0.1, 0.15) is 18.5 Å². The first kappa shape index (κ1) is 14.2. The maximum Gasteiger partial charge on any atom is 0.211 e. The molecular formula is C16H19NO3. The topological polar surface area (TPSA) is 53.7 Å². The van der Waals surface area contributed by atoms with Gasteiger partial charge in [-0.3, -0.25) is 0 Å². The van der Waals surface area contributed by atoms with E-state index >= 15 is 0 Å². The van der Waals surface area contributed by atoms with Crippen LogP contribution in [0.3, 0.4) is 0 Å². The predicted molar refractivity (Wildman–Crippen MR) is 78.7 cm³/mol. The van der Waals surface area contributed by atoms with Gasteiger partial charge in [0.15, 0.2) is 11.5 Å². The Bertz CT molecular complexity index is 559. The smallest absolute Gasteiger partial charge is 0.211 e. The molecule has 0 bridgehead atoms. The van der Waals surface area contributed by atoms with Crippen LogP contribution in [0.15, 0.2) is 42.5 Å². The van der Waals surface area contributed by atoms with E-state index in [1.54, 1.807) is 14.2 Å². The lowest BCUT2D eigenvalue weighted by Crippen LogP contribution is -2.06. The molecule has 0 heterocycles. The minimum Gasteiger partial charge on any atom is -0.493 e. The molecule has 0 radical (unpaired) electrons. The van der Waals surface area contributed by atoms with Crippen LogP contribution < -0.4 is 19.9 Å². The number of nitrogens with two attached hydrogens (primary N) is 1. The van der Waals surface area contributed by atoms with E-state index in [9.17, 15) is 0 Å². The van der Waals surface area contributed by atoms with Gasteiger partial charge in [0.05, 0.1) is 14.2 Å². The molecule has 2 aromatic rings. The fourth-order valence-corrected chi connectivity index (χ4v) is 1.98. The first-order valence-electron chi connectivity index (χ1n) is 6.40. The Balaban J connectivity index is 2.44. The van der Waals surface area contributed by atoms with Crippen LogP contribution >= 0.6 is 0 Å². The van der Waals surface area contributed by atoms with E-state index in [4.69, 9.17) is 19.9 Å². The van der Waals surface area contributed by atoms with E-state index in [1.807, 2.05) is 49.4 Å². The van der Waals surface area contributed by atoms with Crippen LogP contribution in [-0.4, -0.2) is 14.2 Å². The fourth-order valence-electron chi connectivity index (χ4n) is 1.98. The molecule has 1 atom stereocenters. The third kappa shape index (κ3) is 2.86. The Labute approximate surface area is 119 Å². The van der Waals surface area contributed by atoms with Gasteiger partial charge in [-0.05, 0) is 25.1 Å². The summed E-state index contributed by atoms with van der Waals surface area (Å²) in [4.78, 5) is 0. The summed E-state index contributed by atoms with van der Waals surface area (Å²) in [6.45, 7) is 1.92. The SMILES string of the molecule is COc1cccc(OC)c1Oc1ccccc1[C@@H](C)N. The van der Waals surface area contributed by atoms with Gasteiger partial charge in [-0.1, -0.05) is 24.3 Å². The number of rotatable bonds is 5. The summed E-state index contributed by atoms with van der Waals surface area (Å²) in [5.41, 5.74) is 6.90. The van der Waals surface area contributed by atoms with Crippen molar-refractivity contribution >= 4 is 0 Å². The first-order chi connectivity index (χ1) is 9.67. The van der Waals surface area contributed by atoms with Crippen LogP contribution in [0.5, 0.6) is 23.0 Å². The summed E-state index contributed by atoms with van der Waals surface area (Å²) in [7, 11) is 3.19. The molecule has 0 amide bonds. The number of para-hydroxylation sites is 2. The van der Waals surface area contributed by atoms with Gasteiger partial charge < -0.3 is 19.9 Å². The summed E-state index contributed by atoms with van der Waals surface area (Å²) in [6, 6.07) is 13.0. The molecule has 2 aromatic carbocycles.